The number of hydrogen-bond acceptors (Lipinski definition) is 3. The Hall–Kier alpha value is 0.270. The topological polar surface area (TPSA) is 32.3 Å². The van der Waals surface area contributed by atoms with Gasteiger partial charge in [-0.05, 0) is 18.7 Å². The number of nitrogens with one attached hydrogen (secondary N) is 1. The molecule has 0 aliphatic carbocycles. The molecular weight excluding hydrogens is 158 g/mol. The molecule has 0 amide bonds. The molecule has 0 radical (unpaired) electrons. The van der Waals surface area contributed by atoms with Gasteiger partial charge < -0.3 is 10.4 Å². The van der Waals surface area contributed by atoms with Gasteiger partial charge in [0, 0.05) is 11.8 Å². The van der Waals surface area contributed by atoms with Gasteiger partial charge in [-0.1, -0.05) is 13.8 Å². The van der Waals surface area contributed by atoms with Crippen LogP contribution in [0.5, 0.6) is 0 Å². The molecule has 0 heterocycles. The van der Waals surface area contributed by atoms with Crippen LogP contribution in [-0.4, -0.2) is 35.8 Å². The number of hydrogen-bond donors (Lipinski definition) is 2. The maximum absolute atomic E-state index is 8.47. The molecule has 0 atom stereocenters. The van der Waals surface area contributed by atoms with Crippen LogP contribution < -0.4 is 5.32 Å². The van der Waals surface area contributed by atoms with Crippen molar-refractivity contribution in [2.45, 2.75) is 26.3 Å². The second kappa shape index (κ2) is 8.37. The van der Waals surface area contributed by atoms with Gasteiger partial charge in [-0.15, -0.1) is 0 Å². The molecule has 0 saturated heterocycles. The fraction of sp³-hybridized carbons (Fsp3) is 1.00. The van der Waals surface area contributed by atoms with Crippen molar-refractivity contribution in [2.24, 2.45) is 0 Å². The lowest BCUT2D eigenvalue weighted by Gasteiger charge is -2.06. The predicted molar refractivity (Wildman–Crippen MR) is 52.2 cm³/mol. The third kappa shape index (κ3) is 10.3. The number of rotatable bonds is 7. The lowest BCUT2D eigenvalue weighted by Crippen LogP contribution is -2.23. The Morgan fingerprint density at radius 2 is 2.09 bits per heavy atom. The van der Waals surface area contributed by atoms with E-state index in [1.165, 1.54) is 6.42 Å². The molecule has 0 spiro atoms. The molecule has 11 heavy (non-hydrogen) atoms. The van der Waals surface area contributed by atoms with Crippen LogP contribution in [0.2, 0.25) is 0 Å². The highest BCUT2D eigenvalue weighted by Gasteiger charge is 1.91. The van der Waals surface area contributed by atoms with Crippen molar-refractivity contribution >= 4 is 11.8 Å². The van der Waals surface area contributed by atoms with E-state index < -0.39 is 0 Å². The number of aliphatic hydroxyl groups excluding tert-OH is 1. The van der Waals surface area contributed by atoms with Crippen molar-refractivity contribution in [2.75, 3.05) is 24.7 Å². The summed E-state index contributed by atoms with van der Waals surface area (Å²) in [6.07, 6.45) is 1.20. The zero-order valence-corrected chi connectivity index (χ0v) is 8.28. The summed E-state index contributed by atoms with van der Waals surface area (Å²) in [5, 5.41) is 11.8. The smallest absolute Gasteiger partial charge is 0.0521 e. The van der Waals surface area contributed by atoms with Gasteiger partial charge in [0.15, 0.2) is 0 Å². The normalized spacial score (nSPS) is 10.9. The van der Waals surface area contributed by atoms with Gasteiger partial charge in [0.25, 0.3) is 0 Å². The van der Waals surface area contributed by atoms with E-state index in [1.807, 2.05) is 11.8 Å². The van der Waals surface area contributed by atoms with Gasteiger partial charge in [0.1, 0.15) is 0 Å². The summed E-state index contributed by atoms with van der Waals surface area (Å²) in [6.45, 7) is 5.71. The lowest BCUT2D eigenvalue weighted by atomic mass is 10.4. The largest absolute Gasteiger partial charge is 0.396 e. The predicted octanol–water partition coefficient (Wildman–Crippen LogP) is 1.10. The molecule has 0 aromatic heterocycles. The van der Waals surface area contributed by atoms with Crippen LogP contribution in [0, 0.1) is 0 Å². The van der Waals surface area contributed by atoms with E-state index in [-0.39, 0.29) is 0 Å². The first-order chi connectivity index (χ1) is 5.27. The Morgan fingerprint density at radius 3 is 2.64 bits per heavy atom. The summed E-state index contributed by atoms with van der Waals surface area (Å²) in [6, 6.07) is 0.595. The third-order valence-electron chi connectivity index (χ3n) is 1.25. The van der Waals surface area contributed by atoms with Crippen LogP contribution in [0.15, 0.2) is 0 Å². The average molecular weight is 177 g/mol. The van der Waals surface area contributed by atoms with Gasteiger partial charge in [-0.2, -0.15) is 11.8 Å². The van der Waals surface area contributed by atoms with Crippen LogP contribution in [-0.2, 0) is 0 Å². The molecule has 2 N–H and O–H groups in total. The standard InChI is InChI=1S/C8H19NOS/c1-8(2)9-4-3-6-11-7-5-10/h8-10H,3-7H2,1-2H3. The van der Waals surface area contributed by atoms with Crippen molar-refractivity contribution in [3.05, 3.63) is 0 Å². The van der Waals surface area contributed by atoms with Crippen molar-refractivity contribution in [3.8, 4) is 0 Å². The van der Waals surface area contributed by atoms with Crippen LogP contribution in [0.4, 0.5) is 0 Å². The average Bonchev–Trinajstić information content (AvgIpc) is 1.96. The molecule has 3 heteroatoms. The van der Waals surface area contributed by atoms with Gasteiger partial charge in [0.2, 0.25) is 0 Å². The monoisotopic (exact) mass is 177 g/mol. The van der Waals surface area contributed by atoms with Crippen molar-refractivity contribution in [1.29, 1.82) is 0 Å². The van der Waals surface area contributed by atoms with Crippen LogP contribution in [0.3, 0.4) is 0 Å². The SMILES string of the molecule is CC(C)NCCCSCCO. The van der Waals surface area contributed by atoms with Gasteiger partial charge in [-0.25, -0.2) is 0 Å². The number of aliphatic hydroxyl groups is 1. The molecule has 0 bridgehead atoms. The molecule has 0 aromatic rings. The Balaban J connectivity index is 2.80. The minimum absolute atomic E-state index is 0.308. The van der Waals surface area contributed by atoms with E-state index in [9.17, 15) is 0 Å². The molecule has 0 aromatic carbocycles. The van der Waals surface area contributed by atoms with E-state index in [0.717, 1.165) is 18.1 Å². The molecular formula is C8H19NOS. The fourth-order valence-corrected chi connectivity index (χ4v) is 1.41. The molecule has 0 unspecified atom stereocenters. The maximum atomic E-state index is 8.47. The molecule has 0 fully saturated rings. The van der Waals surface area contributed by atoms with E-state index in [0.29, 0.717) is 12.6 Å². The molecule has 0 aliphatic rings. The summed E-state index contributed by atoms with van der Waals surface area (Å²) < 4.78 is 0. The fourth-order valence-electron chi connectivity index (χ4n) is 0.732. The van der Waals surface area contributed by atoms with Crippen molar-refractivity contribution in [1.82, 2.24) is 5.32 Å². The Morgan fingerprint density at radius 1 is 1.36 bits per heavy atom. The first-order valence-electron chi connectivity index (χ1n) is 4.19. The second-order valence-electron chi connectivity index (χ2n) is 2.80. The maximum Gasteiger partial charge on any atom is 0.0521 e. The van der Waals surface area contributed by atoms with E-state index in [1.54, 1.807) is 0 Å². The van der Waals surface area contributed by atoms with Crippen LogP contribution in [0.1, 0.15) is 20.3 Å². The first-order valence-corrected chi connectivity index (χ1v) is 5.35. The van der Waals surface area contributed by atoms with E-state index in [4.69, 9.17) is 5.11 Å². The molecule has 68 valence electrons. The minimum atomic E-state index is 0.308. The molecule has 0 rings (SSSR count). The summed E-state index contributed by atoms with van der Waals surface area (Å²) in [5.41, 5.74) is 0. The molecule has 0 aliphatic heterocycles. The Bertz CT molecular complexity index is 78.5. The van der Waals surface area contributed by atoms with Crippen molar-refractivity contribution in [3.63, 3.8) is 0 Å². The van der Waals surface area contributed by atoms with Crippen LogP contribution in [0.25, 0.3) is 0 Å². The van der Waals surface area contributed by atoms with Gasteiger partial charge in [-0.3, -0.25) is 0 Å². The highest BCUT2D eigenvalue weighted by Crippen LogP contribution is 1.99. The van der Waals surface area contributed by atoms with E-state index in [2.05, 4.69) is 19.2 Å². The third-order valence-corrected chi connectivity index (χ3v) is 2.30. The quantitative estimate of drug-likeness (QED) is 0.571. The highest BCUT2D eigenvalue weighted by molar-refractivity contribution is 7.99. The Kier molecular flexibility index (Phi) is 8.57. The van der Waals surface area contributed by atoms with E-state index >= 15 is 0 Å². The summed E-state index contributed by atoms with van der Waals surface area (Å²) in [4.78, 5) is 0. The van der Waals surface area contributed by atoms with Gasteiger partial charge in [0.05, 0.1) is 6.61 Å². The zero-order valence-electron chi connectivity index (χ0n) is 7.47. The zero-order chi connectivity index (χ0) is 8.53. The summed E-state index contributed by atoms with van der Waals surface area (Å²) >= 11 is 1.81. The van der Waals surface area contributed by atoms with Gasteiger partial charge >= 0.3 is 0 Å². The first kappa shape index (κ1) is 11.3. The number of thioether (sulfide) groups is 1. The highest BCUT2D eigenvalue weighted by atomic mass is 32.2. The summed E-state index contributed by atoms with van der Waals surface area (Å²) in [7, 11) is 0. The second-order valence-corrected chi connectivity index (χ2v) is 4.02. The molecule has 0 saturated carbocycles. The summed E-state index contributed by atoms with van der Waals surface area (Å²) in [5.74, 6) is 2.03. The van der Waals surface area contributed by atoms with Crippen molar-refractivity contribution < 1.29 is 5.11 Å². The molecule has 2 nitrogen and oxygen atoms in total. The lowest BCUT2D eigenvalue weighted by molar-refractivity contribution is 0.322. The van der Waals surface area contributed by atoms with Crippen LogP contribution >= 0.6 is 11.8 Å². The minimum Gasteiger partial charge on any atom is -0.396 e. The Labute approximate surface area is 73.8 Å².